The summed E-state index contributed by atoms with van der Waals surface area (Å²) in [5.74, 6) is 1.60. The van der Waals surface area contributed by atoms with E-state index in [1.807, 2.05) is 19.2 Å². The number of ether oxygens (including phenoxy) is 1. The maximum Gasteiger partial charge on any atom is 0.241 e. The summed E-state index contributed by atoms with van der Waals surface area (Å²) in [7, 11) is 2.04. The number of aryl methyl sites for hydroxylation is 1. The molecule has 0 spiro atoms. The standard InChI is InChI=1S/C17H12BrN3O/c1-20-6-4-10-5-7-21-13-9-11-8-12(18)2-3-14(11)22-17(13)19-16(21)15(10)20/h2-8H,9H2,1H3. The highest BCUT2D eigenvalue weighted by molar-refractivity contribution is 9.10. The minimum Gasteiger partial charge on any atom is -0.437 e. The van der Waals surface area contributed by atoms with E-state index in [9.17, 15) is 0 Å². The van der Waals surface area contributed by atoms with Gasteiger partial charge in [0.25, 0.3) is 0 Å². The van der Waals surface area contributed by atoms with E-state index in [1.54, 1.807) is 0 Å². The van der Waals surface area contributed by atoms with Gasteiger partial charge in [0.05, 0.1) is 11.2 Å². The third kappa shape index (κ3) is 1.54. The number of nitrogens with zero attached hydrogens (tertiary/aromatic N) is 3. The monoisotopic (exact) mass is 353 g/mol. The van der Waals surface area contributed by atoms with Crippen molar-refractivity contribution < 1.29 is 4.74 Å². The molecule has 1 aromatic carbocycles. The highest BCUT2D eigenvalue weighted by Crippen LogP contribution is 2.38. The Morgan fingerprint density at radius 3 is 2.95 bits per heavy atom. The van der Waals surface area contributed by atoms with Crippen LogP contribution in [0.1, 0.15) is 11.3 Å². The number of imidazole rings is 1. The van der Waals surface area contributed by atoms with E-state index in [2.05, 4.69) is 55.5 Å². The van der Waals surface area contributed by atoms with Crippen molar-refractivity contribution in [1.29, 1.82) is 0 Å². The van der Waals surface area contributed by atoms with Crippen LogP contribution in [0.4, 0.5) is 0 Å². The van der Waals surface area contributed by atoms with Crippen LogP contribution in [-0.2, 0) is 13.5 Å². The van der Waals surface area contributed by atoms with Gasteiger partial charge in [-0.1, -0.05) is 15.9 Å². The Morgan fingerprint density at radius 2 is 2.05 bits per heavy atom. The molecule has 0 saturated heterocycles. The lowest BCUT2D eigenvalue weighted by Gasteiger charge is -2.16. The van der Waals surface area contributed by atoms with Crippen LogP contribution in [0, 0.1) is 0 Å². The van der Waals surface area contributed by atoms with Gasteiger partial charge in [-0.3, -0.25) is 4.40 Å². The van der Waals surface area contributed by atoms with Crippen molar-refractivity contribution in [3.63, 3.8) is 0 Å². The second-order valence-electron chi connectivity index (χ2n) is 5.63. The van der Waals surface area contributed by atoms with E-state index in [-0.39, 0.29) is 0 Å². The van der Waals surface area contributed by atoms with Crippen molar-refractivity contribution in [2.24, 2.45) is 7.05 Å². The zero-order chi connectivity index (χ0) is 14.8. The Kier molecular flexibility index (Phi) is 2.31. The molecule has 0 amide bonds. The molecule has 5 heteroatoms. The number of hydrogen-bond donors (Lipinski definition) is 0. The number of fused-ring (bicyclic) bond motifs is 6. The van der Waals surface area contributed by atoms with Gasteiger partial charge in [-0.15, -0.1) is 0 Å². The number of benzene rings is 1. The maximum atomic E-state index is 6.02. The summed E-state index contributed by atoms with van der Waals surface area (Å²) in [6.07, 6.45) is 4.96. The van der Waals surface area contributed by atoms with Gasteiger partial charge in [0, 0.05) is 41.3 Å². The molecule has 0 unspecified atom stereocenters. The Morgan fingerprint density at radius 1 is 1.18 bits per heavy atom. The number of halogens is 1. The fraction of sp³-hybridized carbons (Fsp3) is 0.118. The quantitative estimate of drug-likeness (QED) is 0.416. The van der Waals surface area contributed by atoms with Gasteiger partial charge in [-0.25, -0.2) is 0 Å². The zero-order valence-corrected chi connectivity index (χ0v) is 13.5. The molecule has 4 nitrogen and oxygen atoms in total. The summed E-state index contributed by atoms with van der Waals surface area (Å²) in [6.45, 7) is 0. The lowest BCUT2D eigenvalue weighted by Crippen LogP contribution is -2.04. The molecular weight excluding hydrogens is 342 g/mol. The van der Waals surface area contributed by atoms with Crippen molar-refractivity contribution >= 4 is 32.5 Å². The van der Waals surface area contributed by atoms with Gasteiger partial charge in [0.15, 0.2) is 5.65 Å². The van der Waals surface area contributed by atoms with Crippen LogP contribution in [0.3, 0.4) is 0 Å². The van der Waals surface area contributed by atoms with Crippen LogP contribution in [0.25, 0.3) is 16.6 Å². The molecule has 0 aliphatic carbocycles. The lowest BCUT2D eigenvalue weighted by molar-refractivity contribution is 0.443. The molecule has 0 saturated carbocycles. The van der Waals surface area contributed by atoms with Crippen molar-refractivity contribution in [3.8, 4) is 11.6 Å². The Bertz CT molecular complexity index is 1060. The fourth-order valence-electron chi connectivity index (χ4n) is 3.21. The molecule has 0 atom stereocenters. The van der Waals surface area contributed by atoms with Gasteiger partial charge < -0.3 is 9.30 Å². The number of pyridine rings is 1. The van der Waals surface area contributed by atoms with E-state index in [4.69, 9.17) is 9.72 Å². The van der Waals surface area contributed by atoms with E-state index in [1.165, 1.54) is 10.9 Å². The average Bonchev–Trinajstić information content (AvgIpc) is 3.05. The SMILES string of the molecule is Cn1ccc2ccn3c4c(nc3c21)Oc1ccc(Br)cc1C4. The second-order valence-corrected chi connectivity index (χ2v) is 6.55. The molecular formula is C17H12BrN3O. The Hall–Kier alpha value is -2.27. The summed E-state index contributed by atoms with van der Waals surface area (Å²) in [6, 6.07) is 10.3. The highest BCUT2D eigenvalue weighted by atomic mass is 79.9. The summed E-state index contributed by atoms with van der Waals surface area (Å²) in [5.41, 5.74) is 4.35. The third-order valence-corrected chi connectivity index (χ3v) is 4.77. The van der Waals surface area contributed by atoms with Crippen LogP contribution in [-0.4, -0.2) is 14.0 Å². The smallest absolute Gasteiger partial charge is 0.241 e. The molecule has 0 fully saturated rings. The topological polar surface area (TPSA) is 31.5 Å². The van der Waals surface area contributed by atoms with E-state index >= 15 is 0 Å². The first-order chi connectivity index (χ1) is 10.7. The normalized spacial score (nSPS) is 13.2. The van der Waals surface area contributed by atoms with Crippen LogP contribution in [0.15, 0.2) is 47.2 Å². The average molecular weight is 354 g/mol. The molecule has 0 radical (unpaired) electrons. The Labute approximate surface area is 135 Å². The minimum atomic E-state index is 0.712. The van der Waals surface area contributed by atoms with Crippen molar-refractivity contribution in [1.82, 2.24) is 14.0 Å². The molecule has 4 heterocycles. The fourth-order valence-corrected chi connectivity index (χ4v) is 3.62. The predicted octanol–water partition coefficient (Wildman–Crippen LogP) is 4.29. The van der Waals surface area contributed by atoms with Gasteiger partial charge in [-0.2, -0.15) is 4.98 Å². The summed E-state index contributed by atoms with van der Waals surface area (Å²) < 4.78 is 11.3. The molecule has 3 aromatic heterocycles. The van der Waals surface area contributed by atoms with Gasteiger partial charge >= 0.3 is 0 Å². The summed E-state index contributed by atoms with van der Waals surface area (Å²) in [4.78, 5) is 4.74. The van der Waals surface area contributed by atoms with Crippen LogP contribution >= 0.6 is 15.9 Å². The van der Waals surface area contributed by atoms with Crippen molar-refractivity contribution in [2.75, 3.05) is 0 Å². The molecule has 0 N–H and O–H groups in total. The Balaban J connectivity index is 1.81. The number of hydrogen-bond acceptors (Lipinski definition) is 2. The van der Waals surface area contributed by atoms with E-state index in [0.717, 1.165) is 33.5 Å². The number of aromatic nitrogens is 3. The molecule has 1 aliphatic heterocycles. The first kappa shape index (κ1) is 12.3. The molecule has 5 rings (SSSR count). The maximum absolute atomic E-state index is 6.02. The third-order valence-electron chi connectivity index (χ3n) is 4.28. The number of rotatable bonds is 0. The van der Waals surface area contributed by atoms with Crippen LogP contribution < -0.4 is 4.74 Å². The molecule has 22 heavy (non-hydrogen) atoms. The molecule has 0 bridgehead atoms. The minimum absolute atomic E-state index is 0.712. The van der Waals surface area contributed by atoms with Crippen LogP contribution in [0.2, 0.25) is 0 Å². The van der Waals surface area contributed by atoms with Gasteiger partial charge in [0.1, 0.15) is 5.75 Å². The van der Waals surface area contributed by atoms with Gasteiger partial charge in [0.2, 0.25) is 5.88 Å². The largest absolute Gasteiger partial charge is 0.437 e. The molecule has 4 aromatic rings. The van der Waals surface area contributed by atoms with Crippen molar-refractivity contribution in [2.45, 2.75) is 6.42 Å². The zero-order valence-electron chi connectivity index (χ0n) is 11.9. The second kappa shape index (κ2) is 4.14. The molecule has 108 valence electrons. The van der Waals surface area contributed by atoms with Gasteiger partial charge in [-0.05, 0) is 30.3 Å². The first-order valence-electron chi connectivity index (χ1n) is 7.12. The summed E-state index contributed by atoms with van der Waals surface area (Å²) in [5, 5.41) is 1.19. The van der Waals surface area contributed by atoms with E-state index < -0.39 is 0 Å². The lowest BCUT2D eigenvalue weighted by atomic mass is 10.1. The van der Waals surface area contributed by atoms with Crippen molar-refractivity contribution in [3.05, 3.63) is 58.5 Å². The van der Waals surface area contributed by atoms with E-state index in [0.29, 0.717) is 5.88 Å². The predicted molar refractivity (Wildman–Crippen MR) is 88.7 cm³/mol. The highest BCUT2D eigenvalue weighted by Gasteiger charge is 2.23. The van der Waals surface area contributed by atoms with Crippen LogP contribution in [0.5, 0.6) is 11.6 Å². The summed E-state index contributed by atoms with van der Waals surface area (Å²) >= 11 is 3.53. The first-order valence-corrected chi connectivity index (χ1v) is 7.91. The molecule has 1 aliphatic rings.